The number of hydrogen-bond donors (Lipinski definition) is 1. The second kappa shape index (κ2) is 10.9. The van der Waals surface area contributed by atoms with Crippen LogP contribution < -0.4 is 19.5 Å². The van der Waals surface area contributed by atoms with E-state index in [1.165, 1.54) is 0 Å². The SMILES string of the molecule is COc1ccc([C@@H]2CC(=O)C3=C(C2)NC(C)=C(C(=O)OC2CCCC2)[C@H]3c2cc(OC)ccc2OC)cc1. The van der Waals surface area contributed by atoms with Crippen molar-refractivity contribution in [2.45, 2.75) is 63.4 Å². The molecule has 7 heteroatoms. The van der Waals surface area contributed by atoms with Crippen molar-refractivity contribution in [3.63, 3.8) is 0 Å². The fourth-order valence-electron chi connectivity index (χ4n) is 6.02. The molecule has 0 amide bonds. The van der Waals surface area contributed by atoms with E-state index in [9.17, 15) is 9.59 Å². The zero-order chi connectivity index (χ0) is 26.8. The standard InChI is InChI=1S/C31H35NO6/c1-18-28(31(34)38-22-7-5-6-8-22)29(24-17-23(36-3)13-14-27(24)37-4)30-25(32-18)15-20(16-26(30)33)19-9-11-21(35-2)12-10-19/h9-14,17,20,22,29,32H,5-8,15-16H2,1-4H3/t20-,29+/m0/s1. The van der Waals surface area contributed by atoms with Gasteiger partial charge in [-0.2, -0.15) is 0 Å². The second-order valence-electron chi connectivity index (χ2n) is 10.2. The number of ether oxygens (including phenoxy) is 4. The fourth-order valence-corrected chi connectivity index (χ4v) is 6.02. The number of esters is 1. The van der Waals surface area contributed by atoms with Gasteiger partial charge in [0.05, 0.1) is 32.8 Å². The summed E-state index contributed by atoms with van der Waals surface area (Å²) >= 11 is 0. The third kappa shape index (κ3) is 4.89. The van der Waals surface area contributed by atoms with Gasteiger partial charge in [0.2, 0.25) is 0 Å². The van der Waals surface area contributed by atoms with Crippen molar-refractivity contribution >= 4 is 11.8 Å². The Balaban J connectivity index is 1.58. The number of rotatable bonds is 7. The molecule has 0 aromatic heterocycles. The largest absolute Gasteiger partial charge is 0.497 e. The lowest BCUT2D eigenvalue weighted by atomic mass is 9.71. The van der Waals surface area contributed by atoms with Crippen LogP contribution in [-0.2, 0) is 14.3 Å². The Bertz CT molecular complexity index is 1290. The lowest BCUT2D eigenvalue weighted by Gasteiger charge is -2.37. The number of allylic oxidation sites excluding steroid dienone is 3. The molecule has 1 saturated carbocycles. The van der Waals surface area contributed by atoms with E-state index in [4.69, 9.17) is 18.9 Å². The molecule has 38 heavy (non-hydrogen) atoms. The number of carbonyl (C=O) groups is 2. The normalized spacial score (nSPS) is 21.6. The molecule has 2 aromatic rings. The quantitative estimate of drug-likeness (QED) is 0.482. The molecule has 0 unspecified atom stereocenters. The molecule has 1 aliphatic heterocycles. The Labute approximate surface area is 223 Å². The van der Waals surface area contributed by atoms with Crippen LogP contribution in [0.15, 0.2) is 65.0 Å². The van der Waals surface area contributed by atoms with Crippen LogP contribution in [-0.4, -0.2) is 39.2 Å². The summed E-state index contributed by atoms with van der Waals surface area (Å²) in [5, 5.41) is 3.43. The minimum atomic E-state index is -0.616. The monoisotopic (exact) mass is 517 g/mol. The molecule has 0 radical (unpaired) electrons. The number of benzene rings is 2. The van der Waals surface area contributed by atoms with Crippen LogP contribution in [0.5, 0.6) is 17.2 Å². The zero-order valence-corrected chi connectivity index (χ0v) is 22.5. The molecule has 200 valence electrons. The summed E-state index contributed by atoms with van der Waals surface area (Å²) in [5.41, 5.74) is 4.39. The first-order chi connectivity index (χ1) is 18.4. The highest BCUT2D eigenvalue weighted by molar-refractivity contribution is 6.04. The molecule has 1 fully saturated rings. The predicted molar refractivity (Wildman–Crippen MR) is 143 cm³/mol. The van der Waals surface area contributed by atoms with Crippen molar-refractivity contribution in [1.82, 2.24) is 5.32 Å². The van der Waals surface area contributed by atoms with Crippen molar-refractivity contribution in [2.24, 2.45) is 0 Å². The summed E-state index contributed by atoms with van der Waals surface area (Å²) in [6.07, 6.45) is 4.76. The van der Waals surface area contributed by atoms with Crippen LogP contribution in [0.25, 0.3) is 0 Å². The Kier molecular flexibility index (Phi) is 7.45. The van der Waals surface area contributed by atoms with Crippen LogP contribution in [0.2, 0.25) is 0 Å². The van der Waals surface area contributed by atoms with E-state index in [1.807, 2.05) is 49.4 Å². The molecule has 1 N–H and O–H groups in total. The van der Waals surface area contributed by atoms with Gasteiger partial charge in [-0.1, -0.05) is 12.1 Å². The molecular weight excluding hydrogens is 482 g/mol. The molecule has 0 spiro atoms. The highest BCUT2D eigenvalue weighted by Crippen LogP contribution is 2.48. The number of carbonyl (C=O) groups excluding carboxylic acids is 2. The number of dihydropyridines is 1. The van der Waals surface area contributed by atoms with Crippen LogP contribution in [0, 0.1) is 0 Å². The minimum Gasteiger partial charge on any atom is -0.497 e. The highest BCUT2D eigenvalue weighted by Gasteiger charge is 2.43. The van der Waals surface area contributed by atoms with Gasteiger partial charge < -0.3 is 24.3 Å². The maximum Gasteiger partial charge on any atom is 0.337 e. The Hall–Kier alpha value is -3.74. The number of hydrogen-bond acceptors (Lipinski definition) is 7. The van der Waals surface area contributed by atoms with Gasteiger partial charge in [-0.05, 0) is 80.8 Å². The first-order valence-corrected chi connectivity index (χ1v) is 13.2. The van der Waals surface area contributed by atoms with E-state index in [1.54, 1.807) is 21.3 Å². The maximum atomic E-state index is 13.9. The minimum absolute atomic E-state index is 0.00751. The summed E-state index contributed by atoms with van der Waals surface area (Å²) < 4.78 is 22.5. The first-order valence-electron chi connectivity index (χ1n) is 13.2. The first kappa shape index (κ1) is 25.9. The lowest BCUT2D eigenvalue weighted by Crippen LogP contribution is -2.36. The maximum absolute atomic E-state index is 13.9. The van der Waals surface area contributed by atoms with Crippen molar-refractivity contribution in [3.8, 4) is 17.2 Å². The number of methoxy groups -OCH3 is 3. The van der Waals surface area contributed by atoms with Crippen molar-refractivity contribution in [1.29, 1.82) is 0 Å². The lowest BCUT2D eigenvalue weighted by molar-refractivity contribution is -0.144. The van der Waals surface area contributed by atoms with E-state index in [-0.39, 0.29) is 23.8 Å². The van der Waals surface area contributed by atoms with Gasteiger partial charge in [0.1, 0.15) is 23.4 Å². The number of ketones is 1. The van der Waals surface area contributed by atoms with Crippen LogP contribution in [0.1, 0.15) is 68.4 Å². The van der Waals surface area contributed by atoms with E-state index in [0.717, 1.165) is 48.3 Å². The summed E-state index contributed by atoms with van der Waals surface area (Å²) in [4.78, 5) is 27.6. The Morgan fingerprint density at radius 3 is 2.24 bits per heavy atom. The van der Waals surface area contributed by atoms with Crippen LogP contribution >= 0.6 is 0 Å². The van der Waals surface area contributed by atoms with Gasteiger partial charge in [0, 0.05) is 29.0 Å². The van der Waals surface area contributed by atoms with E-state index in [0.29, 0.717) is 41.2 Å². The molecule has 3 aliphatic rings. The third-order valence-corrected chi connectivity index (χ3v) is 7.96. The molecule has 5 rings (SSSR count). The molecule has 0 saturated heterocycles. The van der Waals surface area contributed by atoms with Gasteiger partial charge in [0.15, 0.2) is 5.78 Å². The highest BCUT2D eigenvalue weighted by atomic mass is 16.5. The van der Waals surface area contributed by atoms with Crippen molar-refractivity contribution in [2.75, 3.05) is 21.3 Å². The smallest absolute Gasteiger partial charge is 0.337 e. The van der Waals surface area contributed by atoms with Gasteiger partial charge in [-0.15, -0.1) is 0 Å². The van der Waals surface area contributed by atoms with Gasteiger partial charge in [-0.3, -0.25) is 4.79 Å². The number of Topliss-reactive ketones (excluding diaryl/α,β-unsaturated/α-hetero) is 1. The molecular formula is C31H35NO6. The fraction of sp³-hybridized carbons (Fsp3) is 0.419. The molecule has 7 nitrogen and oxygen atoms in total. The van der Waals surface area contributed by atoms with E-state index >= 15 is 0 Å². The predicted octanol–water partition coefficient (Wildman–Crippen LogP) is 5.56. The van der Waals surface area contributed by atoms with E-state index < -0.39 is 5.92 Å². The van der Waals surface area contributed by atoms with Crippen LogP contribution in [0.3, 0.4) is 0 Å². The Morgan fingerprint density at radius 1 is 0.895 bits per heavy atom. The third-order valence-electron chi connectivity index (χ3n) is 7.96. The second-order valence-corrected chi connectivity index (χ2v) is 10.2. The summed E-state index contributed by atoms with van der Waals surface area (Å²) in [5.74, 6) is 1.03. The topological polar surface area (TPSA) is 83.1 Å². The van der Waals surface area contributed by atoms with Crippen molar-refractivity contribution < 1.29 is 28.5 Å². The van der Waals surface area contributed by atoms with Crippen molar-refractivity contribution in [3.05, 3.63) is 76.1 Å². The summed E-state index contributed by atoms with van der Waals surface area (Å²) in [6, 6.07) is 13.4. The average molecular weight is 518 g/mol. The molecule has 2 atom stereocenters. The molecule has 2 aromatic carbocycles. The van der Waals surface area contributed by atoms with Crippen LogP contribution in [0.4, 0.5) is 0 Å². The molecule has 1 heterocycles. The average Bonchev–Trinajstić information content (AvgIpc) is 3.44. The van der Waals surface area contributed by atoms with Gasteiger partial charge in [-0.25, -0.2) is 4.79 Å². The van der Waals surface area contributed by atoms with Gasteiger partial charge >= 0.3 is 5.97 Å². The number of nitrogens with one attached hydrogen (secondary N) is 1. The molecule has 0 bridgehead atoms. The zero-order valence-electron chi connectivity index (χ0n) is 22.5. The van der Waals surface area contributed by atoms with E-state index in [2.05, 4.69) is 5.32 Å². The summed E-state index contributed by atoms with van der Waals surface area (Å²) in [7, 11) is 4.83. The molecule has 2 aliphatic carbocycles. The Morgan fingerprint density at radius 2 is 1.58 bits per heavy atom. The van der Waals surface area contributed by atoms with Gasteiger partial charge in [0.25, 0.3) is 0 Å². The summed E-state index contributed by atoms with van der Waals surface area (Å²) in [6.45, 7) is 1.89.